The molecule has 0 atom stereocenters. The van der Waals surface area contributed by atoms with Crippen LogP contribution in [-0.4, -0.2) is 50.7 Å². The van der Waals surface area contributed by atoms with Gasteiger partial charge in [-0.1, -0.05) is 11.8 Å². The number of sulfonamides is 1. The Morgan fingerprint density at radius 3 is 2.41 bits per heavy atom. The number of amides is 1. The van der Waals surface area contributed by atoms with E-state index in [0.717, 1.165) is 0 Å². The summed E-state index contributed by atoms with van der Waals surface area (Å²) in [4.78, 5) is 12.6. The SMILES string of the molecule is O=C(Nc1ccc(SC(F)F)cc1)c1ccc(S(=O)(=O)N2CCOCC2)o1. The van der Waals surface area contributed by atoms with E-state index in [0.29, 0.717) is 35.6 Å². The first-order chi connectivity index (χ1) is 12.9. The van der Waals surface area contributed by atoms with E-state index in [1.54, 1.807) is 0 Å². The van der Waals surface area contributed by atoms with E-state index in [9.17, 15) is 22.0 Å². The molecule has 0 bridgehead atoms. The fourth-order valence-electron chi connectivity index (χ4n) is 2.41. The van der Waals surface area contributed by atoms with Crippen LogP contribution < -0.4 is 5.32 Å². The quantitative estimate of drug-likeness (QED) is 0.726. The van der Waals surface area contributed by atoms with Crippen LogP contribution in [0.15, 0.2) is 50.8 Å². The number of carbonyl (C=O) groups excluding carboxylic acids is 1. The van der Waals surface area contributed by atoms with Gasteiger partial charge in [0.2, 0.25) is 5.09 Å². The molecule has 2 heterocycles. The molecule has 1 saturated heterocycles. The molecule has 0 saturated carbocycles. The van der Waals surface area contributed by atoms with Crippen LogP contribution in [0.25, 0.3) is 0 Å². The molecule has 1 amide bonds. The molecule has 1 aromatic heterocycles. The van der Waals surface area contributed by atoms with Gasteiger partial charge in [0.1, 0.15) is 0 Å². The number of nitrogens with one attached hydrogen (secondary N) is 1. The zero-order valence-corrected chi connectivity index (χ0v) is 15.6. The number of morpholine rings is 1. The van der Waals surface area contributed by atoms with Gasteiger partial charge in [0.25, 0.3) is 21.7 Å². The van der Waals surface area contributed by atoms with Crippen molar-refractivity contribution < 1.29 is 31.1 Å². The monoisotopic (exact) mass is 418 g/mol. The molecule has 0 spiro atoms. The van der Waals surface area contributed by atoms with Crippen molar-refractivity contribution in [3.8, 4) is 0 Å². The van der Waals surface area contributed by atoms with Gasteiger partial charge in [0.15, 0.2) is 5.76 Å². The van der Waals surface area contributed by atoms with E-state index in [1.807, 2.05) is 0 Å². The highest BCUT2D eigenvalue weighted by atomic mass is 32.2. The van der Waals surface area contributed by atoms with Gasteiger partial charge in [-0.2, -0.15) is 13.1 Å². The lowest BCUT2D eigenvalue weighted by Gasteiger charge is -2.24. The van der Waals surface area contributed by atoms with Crippen molar-refractivity contribution in [3.05, 3.63) is 42.2 Å². The highest BCUT2D eigenvalue weighted by Gasteiger charge is 2.30. The van der Waals surface area contributed by atoms with Crippen molar-refractivity contribution in [2.45, 2.75) is 15.7 Å². The Bertz CT molecular complexity index is 894. The number of thioether (sulfide) groups is 1. The fourth-order valence-corrected chi connectivity index (χ4v) is 4.23. The summed E-state index contributed by atoms with van der Waals surface area (Å²) < 4.78 is 61.2. The third kappa shape index (κ3) is 4.86. The number of hydrogen-bond acceptors (Lipinski definition) is 6. The van der Waals surface area contributed by atoms with Crippen molar-refractivity contribution in [2.24, 2.45) is 0 Å². The Balaban J connectivity index is 1.68. The normalized spacial score (nSPS) is 15.8. The standard InChI is InChI=1S/C16H16F2N2O5S2/c17-16(18)26-12-3-1-11(2-4-12)19-15(21)13-5-6-14(25-13)27(22,23)20-7-9-24-10-8-20/h1-6,16H,7-10H2,(H,19,21). The third-order valence-corrected chi connectivity index (χ3v) is 6.20. The van der Waals surface area contributed by atoms with Gasteiger partial charge >= 0.3 is 0 Å². The van der Waals surface area contributed by atoms with Crippen LogP contribution in [-0.2, 0) is 14.8 Å². The molecule has 0 aliphatic carbocycles. The molecule has 1 aliphatic rings. The summed E-state index contributed by atoms with van der Waals surface area (Å²) in [6.45, 7) is 1.03. The van der Waals surface area contributed by atoms with E-state index in [-0.39, 0.29) is 23.9 Å². The Hall–Kier alpha value is -1.95. The van der Waals surface area contributed by atoms with Crippen molar-refractivity contribution in [3.63, 3.8) is 0 Å². The van der Waals surface area contributed by atoms with Gasteiger partial charge < -0.3 is 14.5 Å². The van der Waals surface area contributed by atoms with Crippen LogP contribution in [0.1, 0.15) is 10.6 Å². The van der Waals surface area contributed by atoms with E-state index in [1.165, 1.54) is 40.7 Å². The number of rotatable bonds is 6. The van der Waals surface area contributed by atoms with Gasteiger partial charge in [-0.3, -0.25) is 4.79 Å². The number of ether oxygens (including phenoxy) is 1. The predicted octanol–water partition coefficient (Wildman–Crippen LogP) is 2.87. The molecule has 1 aromatic carbocycles. The smallest absolute Gasteiger partial charge is 0.291 e. The molecule has 1 aliphatic heterocycles. The van der Waals surface area contributed by atoms with E-state index in [2.05, 4.69) is 5.32 Å². The molecule has 0 unspecified atom stereocenters. The number of halogens is 2. The highest BCUT2D eigenvalue weighted by Crippen LogP contribution is 2.26. The molecule has 1 fully saturated rings. The van der Waals surface area contributed by atoms with Gasteiger partial charge in [-0.25, -0.2) is 8.42 Å². The number of hydrogen-bond donors (Lipinski definition) is 1. The number of benzene rings is 1. The average molecular weight is 418 g/mol. The molecule has 0 radical (unpaired) electrons. The third-order valence-electron chi connectivity index (χ3n) is 3.71. The lowest BCUT2D eigenvalue weighted by molar-refractivity contribution is 0.0723. The first-order valence-electron chi connectivity index (χ1n) is 7.90. The zero-order valence-electron chi connectivity index (χ0n) is 13.9. The highest BCUT2D eigenvalue weighted by molar-refractivity contribution is 7.99. The second-order valence-corrected chi connectivity index (χ2v) is 8.42. The molecule has 1 N–H and O–H groups in total. The molecule has 7 nitrogen and oxygen atoms in total. The van der Waals surface area contributed by atoms with E-state index < -0.39 is 21.7 Å². The van der Waals surface area contributed by atoms with Crippen LogP contribution in [0.3, 0.4) is 0 Å². The number of furan rings is 1. The van der Waals surface area contributed by atoms with Crippen molar-refractivity contribution in [1.82, 2.24) is 4.31 Å². The lowest BCUT2D eigenvalue weighted by atomic mass is 10.3. The summed E-state index contributed by atoms with van der Waals surface area (Å²) in [7, 11) is -3.83. The number of nitrogens with zero attached hydrogens (tertiary/aromatic N) is 1. The largest absolute Gasteiger partial charge is 0.438 e. The van der Waals surface area contributed by atoms with Crippen molar-refractivity contribution >= 4 is 33.4 Å². The molecule has 27 heavy (non-hydrogen) atoms. The second-order valence-electron chi connectivity index (χ2n) is 5.49. The minimum absolute atomic E-state index is 0.173. The number of anilines is 1. The topological polar surface area (TPSA) is 88.9 Å². The summed E-state index contributed by atoms with van der Waals surface area (Å²) in [6.07, 6.45) is 0. The van der Waals surface area contributed by atoms with Crippen molar-refractivity contribution in [1.29, 1.82) is 0 Å². The van der Waals surface area contributed by atoms with Gasteiger partial charge in [-0.15, -0.1) is 0 Å². The first-order valence-corrected chi connectivity index (χ1v) is 10.2. The fraction of sp³-hybridized carbons (Fsp3) is 0.312. The summed E-state index contributed by atoms with van der Waals surface area (Å²) in [5, 5.41) is 2.20. The van der Waals surface area contributed by atoms with Crippen LogP contribution in [0.5, 0.6) is 0 Å². The molecular weight excluding hydrogens is 402 g/mol. The van der Waals surface area contributed by atoms with Crippen LogP contribution in [0.2, 0.25) is 0 Å². The first kappa shape index (κ1) is 19.8. The molecule has 146 valence electrons. The van der Waals surface area contributed by atoms with Crippen LogP contribution >= 0.6 is 11.8 Å². The molecule has 2 aromatic rings. The minimum atomic E-state index is -3.83. The van der Waals surface area contributed by atoms with Gasteiger partial charge in [-0.05, 0) is 36.4 Å². The van der Waals surface area contributed by atoms with Gasteiger partial charge in [0.05, 0.1) is 13.2 Å². The maximum absolute atomic E-state index is 12.5. The second kappa shape index (κ2) is 8.38. The Morgan fingerprint density at radius 1 is 1.11 bits per heavy atom. The molecule has 3 rings (SSSR count). The molecule has 11 heteroatoms. The zero-order chi connectivity index (χ0) is 19.4. The lowest BCUT2D eigenvalue weighted by Crippen LogP contribution is -2.40. The predicted molar refractivity (Wildman–Crippen MR) is 94.5 cm³/mol. The minimum Gasteiger partial charge on any atom is -0.438 e. The Morgan fingerprint density at radius 2 is 1.78 bits per heavy atom. The van der Waals surface area contributed by atoms with Crippen molar-refractivity contribution in [2.75, 3.05) is 31.6 Å². The van der Waals surface area contributed by atoms with E-state index >= 15 is 0 Å². The number of carbonyl (C=O) groups is 1. The number of alkyl halides is 2. The average Bonchev–Trinajstić information content (AvgIpc) is 3.15. The maximum Gasteiger partial charge on any atom is 0.291 e. The summed E-state index contributed by atoms with van der Waals surface area (Å²) >= 11 is 0.397. The summed E-state index contributed by atoms with van der Waals surface area (Å²) in [5.74, 6) is -3.35. The van der Waals surface area contributed by atoms with Gasteiger partial charge in [0, 0.05) is 23.7 Å². The Kier molecular flexibility index (Phi) is 6.15. The van der Waals surface area contributed by atoms with E-state index in [4.69, 9.17) is 9.15 Å². The molecular formula is C16H16F2N2O5S2. The maximum atomic E-state index is 12.5. The van der Waals surface area contributed by atoms with Crippen LogP contribution in [0.4, 0.5) is 14.5 Å². The Labute approximate surface area is 158 Å². The summed E-state index contributed by atoms with van der Waals surface area (Å²) in [6, 6.07) is 8.32. The van der Waals surface area contributed by atoms with Crippen LogP contribution in [0, 0.1) is 0 Å². The summed E-state index contributed by atoms with van der Waals surface area (Å²) in [5.41, 5.74) is 0.368.